The number of ether oxygens (including phenoxy) is 3. The molecule has 150 valence electrons. The summed E-state index contributed by atoms with van der Waals surface area (Å²) in [5, 5.41) is 8.21. The Labute approximate surface area is 168 Å². The normalized spacial score (nSPS) is 10.7. The number of carbonyl (C=O) groups excluding carboxylic acids is 1. The van der Waals surface area contributed by atoms with Crippen molar-refractivity contribution >= 4 is 12.1 Å². The van der Waals surface area contributed by atoms with Crippen LogP contribution in [0, 0.1) is 0 Å². The predicted octanol–water partition coefficient (Wildman–Crippen LogP) is 2.72. The molecule has 3 aromatic rings. The number of hydrogen-bond acceptors (Lipinski definition) is 6. The first kappa shape index (κ1) is 19.9. The first-order valence-corrected chi connectivity index (χ1v) is 8.84. The van der Waals surface area contributed by atoms with Crippen LogP contribution < -0.4 is 19.6 Å². The molecule has 1 N–H and O–H groups in total. The first-order chi connectivity index (χ1) is 14.1. The van der Waals surface area contributed by atoms with E-state index in [0.29, 0.717) is 34.9 Å². The zero-order valence-corrected chi connectivity index (χ0v) is 16.5. The van der Waals surface area contributed by atoms with Crippen molar-refractivity contribution in [2.24, 2.45) is 5.10 Å². The summed E-state index contributed by atoms with van der Waals surface area (Å²) in [7, 11) is 4.61. The van der Waals surface area contributed by atoms with Crippen LogP contribution >= 0.6 is 0 Å². The van der Waals surface area contributed by atoms with Crippen LogP contribution in [0.2, 0.25) is 0 Å². The SMILES string of the molecule is COc1cc(/C=N/NC(=O)c2cccc(Cn3cccn3)c2)cc(OC)c1OC. The van der Waals surface area contributed by atoms with Gasteiger partial charge in [0.15, 0.2) is 11.5 Å². The third-order valence-electron chi connectivity index (χ3n) is 4.16. The number of hydrazone groups is 1. The quantitative estimate of drug-likeness (QED) is 0.469. The van der Waals surface area contributed by atoms with Gasteiger partial charge in [0.05, 0.1) is 34.1 Å². The van der Waals surface area contributed by atoms with E-state index in [9.17, 15) is 4.79 Å². The Bertz CT molecular complexity index is 975. The fourth-order valence-corrected chi connectivity index (χ4v) is 2.80. The lowest BCUT2D eigenvalue weighted by Crippen LogP contribution is -2.18. The van der Waals surface area contributed by atoms with Gasteiger partial charge in [-0.3, -0.25) is 9.48 Å². The fourth-order valence-electron chi connectivity index (χ4n) is 2.80. The maximum Gasteiger partial charge on any atom is 0.271 e. The third kappa shape index (κ3) is 4.92. The Morgan fingerprint density at radius 2 is 1.86 bits per heavy atom. The van der Waals surface area contributed by atoms with Crippen LogP contribution in [-0.4, -0.2) is 43.2 Å². The molecule has 0 aliphatic rings. The highest BCUT2D eigenvalue weighted by Gasteiger charge is 2.12. The Hall–Kier alpha value is -3.81. The number of carbonyl (C=O) groups is 1. The summed E-state index contributed by atoms with van der Waals surface area (Å²) in [6, 6.07) is 12.6. The second-order valence-electron chi connectivity index (χ2n) is 6.06. The fraction of sp³-hybridized carbons (Fsp3) is 0.190. The van der Waals surface area contributed by atoms with Crippen molar-refractivity contribution in [1.29, 1.82) is 0 Å². The van der Waals surface area contributed by atoms with Crippen LogP contribution in [0.15, 0.2) is 60.0 Å². The van der Waals surface area contributed by atoms with Gasteiger partial charge < -0.3 is 14.2 Å². The van der Waals surface area contributed by atoms with E-state index in [1.165, 1.54) is 27.5 Å². The number of rotatable bonds is 8. The molecule has 0 radical (unpaired) electrons. The molecule has 1 amide bonds. The molecule has 2 aromatic carbocycles. The van der Waals surface area contributed by atoms with Crippen LogP contribution in [0.25, 0.3) is 0 Å². The molecule has 29 heavy (non-hydrogen) atoms. The van der Waals surface area contributed by atoms with E-state index >= 15 is 0 Å². The molecule has 1 heterocycles. The lowest BCUT2D eigenvalue weighted by Gasteiger charge is -2.12. The van der Waals surface area contributed by atoms with Crippen molar-refractivity contribution in [3.05, 3.63) is 71.5 Å². The molecule has 0 aliphatic heterocycles. The van der Waals surface area contributed by atoms with Crippen LogP contribution in [0.5, 0.6) is 17.2 Å². The number of methoxy groups -OCH3 is 3. The van der Waals surface area contributed by atoms with Gasteiger partial charge in [-0.25, -0.2) is 5.43 Å². The van der Waals surface area contributed by atoms with Crippen molar-refractivity contribution in [2.75, 3.05) is 21.3 Å². The van der Waals surface area contributed by atoms with Crippen LogP contribution in [0.4, 0.5) is 0 Å². The second-order valence-corrected chi connectivity index (χ2v) is 6.06. The molecule has 0 spiro atoms. The van der Waals surface area contributed by atoms with E-state index in [-0.39, 0.29) is 5.91 Å². The van der Waals surface area contributed by atoms with Crippen molar-refractivity contribution in [3.63, 3.8) is 0 Å². The third-order valence-corrected chi connectivity index (χ3v) is 4.16. The maximum atomic E-state index is 12.4. The van der Waals surface area contributed by atoms with Gasteiger partial charge in [0.25, 0.3) is 5.91 Å². The molecule has 3 rings (SSSR count). The summed E-state index contributed by atoms with van der Waals surface area (Å²) in [5.41, 5.74) is 4.70. The highest BCUT2D eigenvalue weighted by atomic mass is 16.5. The van der Waals surface area contributed by atoms with Crippen molar-refractivity contribution in [2.45, 2.75) is 6.54 Å². The zero-order chi connectivity index (χ0) is 20.6. The van der Waals surface area contributed by atoms with E-state index in [0.717, 1.165) is 5.56 Å². The topological polar surface area (TPSA) is 87.0 Å². The zero-order valence-electron chi connectivity index (χ0n) is 16.5. The van der Waals surface area contributed by atoms with Crippen molar-refractivity contribution in [1.82, 2.24) is 15.2 Å². The summed E-state index contributed by atoms with van der Waals surface area (Å²) in [6.07, 6.45) is 5.10. The molecule has 0 unspecified atom stereocenters. The highest BCUT2D eigenvalue weighted by molar-refractivity contribution is 5.95. The molecule has 0 saturated carbocycles. The molecular formula is C21H22N4O4. The Balaban J connectivity index is 1.70. The van der Waals surface area contributed by atoms with E-state index < -0.39 is 0 Å². The lowest BCUT2D eigenvalue weighted by molar-refractivity contribution is 0.0955. The molecule has 0 aliphatic carbocycles. The van der Waals surface area contributed by atoms with Gasteiger partial charge in [0, 0.05) is 23.5 Å². The minimum atomic E-state index is -0.309. The summed E-state index contributed by atoms with van der Waals surface area (Å²) in [4.78, 5) is 12.4. The minimum absolute atomic E-state index is 0.309. The van der Waals surface area contributed by atoms with Gasteiger partial charge in [0.2, 0.25) is 5.75 Å². The van der Waals surface area contributed by atoms with E-state index in [1.54, 1.807) is 29.1 Å². The highest BCUT2D eigenvalue weighted by Crippen LogP contribution is 2.37. The summed E-state index contributed by atoms with van der Waals surface area (Å²) in [6.45, 7) is 0.586. The maximum absolute atomic E-state index is 12.4. The van der Waals surface area contributed by atoms with Crippen LogP contribution in [0.1, 0.15) is 21.5 Å². The molecule has 0 saturated heterocycles. The van der Waals surface area contributed by atoms with Crippen molar-refractivity contribution < 1.29 is 19.0 Å². The molecule has 0 fully saturated rings. The first-order valence-electron chi connectivity index (χ1n) is 8.84. The number of amides is 1. The summed E-state index contributed by atoms with van der Waals surface area (Å²) >= 11 is 0. The molecule has 1 aromatic heterocycles. The number of aromatic nitrogens is 2. The Kier molecular flexibility index (Phi) is 6.47. The van der Waals surface area contributed by atoms with Gasteiger partial charge in [-0.2, -0.15) is 10.2 Å². The standard InChI is InChI=1S/C21H22N4O4/c1-27-18-11-16(12-19(28-2)20(18)29-3)13-22-24-21(26)17-7-4-6-15(10-17)14-25-9-5-8-23-25/h4-13H,14H2,1-3H3,(H,24,26)/b22-13+. The Morgan fingerprint density at radius 3 is 2.48 bits per heavy atom. The molecule has 0 atom stereocenters. The number of hydrogen-bond donors (Lipinski definition) is 1. The van der Waals surface area contributed by atoms with Gasteiger partial charge in [-0.05, 0) is 35.9 Å². The smallest absolute Gasteiger partial charge is 0.271 e. The van der Waals surface area contributed by atoms with Gasteiger partial charge >= 0.3 is 0 Å². The molecular weight excluding hydrogens is 372 g/mol. The lowest BCUT2D eigenvalue weighted by atomic mass is 10.1. The number of nitrogens with zero attached hydrogens (tertiary/aromatic N) is 3. The van der Waals surface area contributed by atoms with E-state index in [4.69, 9.17) is 14.2 Å². The van der Waals surface area contributed by atoms with Crippen LogP contribution in [-0.2, 0) is 6.54 Å². The number of benzene rings is 2. The minimum Gasteiger partial charge on any atom is -0.493 e. The van der Waals surface area contributed by atoms with Gasteiger partial charge in [-0.15, -0.1) is 0 Å². The summed E-state index contributed by atoms with van der Waals surface area (Å²) in [5.74, 6) is 1.19. The molecule has 0 bridgehead atoms. The van der Waals surface area contributed by atoms with Crippen LogP contribution in [0.3, 0.4) is 0 Å². The monoisotopic (exact) mass is 394 g/mol. The van der Waals surface area contributed by atoms with Gasteiger partial charge in [-0.1, -0.05) is 12.1 Å². The van der Waals surface area contributed by atoms with E-state index in [1.807, 2.05) is 30.5 Å². The average Bonchev–Trinajstić information content (AvgIpc) is 3.26. The average molecular weight is 394 g/mol. The Morgan fingerprint density at radius 1 is 1.10 bits per heavy atom. The van der Waals surface area contributed by atoms with Crippen molar-refractivity contribution in [3.8, 4) is 17.2 Å². The largest absolute Gasteiger partial charge is 0.493 e. The van der Waals surface area contributed by atoms with Gasteiger partial charge in [0.1, 0.15) is 0 Å². The van der Waals surface area contributed by atoms with E-state index in [2.05, 4.69) is 15.6 Å². The second kappa shape index (κ2) is 9.41. The number of nitrogens with one attached hydrogen (secondary N) is 1. The summed E-state index contributed by atoms with van der Waals surface area (Å²) < 4.78 is 17.7. The predicted molar refractivity (Wildman–Crippen MR) is 109 cm³/mol. The molecule has 8 heteroatoms. The molecule has 8 nitrogen and oxygen atoms in total.